The third kappa shape index (κ3) is 4.43. The molecule has 3 aromatic rings. The average Bonchev–Trinajstić information content (AvgIpc) is 3.42. The van der Waals surface area contributed by atoms with Gasteiger partial charge in [-0.1, -0.05) is 35.2 Å². The number of thioether (sulfide) groups is 1. The fourth-order valence-electron chi connectivity index (χ4n) is 5.40. The molecule has 3 amide bonds. The number of aromatic nitrogens is 1. The van der Waals surface area contributed by atoms with Crippen molar-refractivity contribution >= 4 is 46.5 Å². The third-order valence-electron chi connectivity index (χ3n) is 7.20. The quantitative estimate of drug-likeness (QED) is 0.483. The number of fused-ring (bicyclic) bond motifs is 2. The van der Waals surface area contributed by atoms with Gasteiger partial charge in [0.2, 0.25) is 11.8 Å². The van der Waals surface area contributed by atoms with Crippen LogP contribution in [-0.2, 0) is 14.4 Å². The Morgan fingerprint density at radius 1 is 1.03 bits per heavy atom. The lowest BCUT2D eigenvalue weighted by Crippen LogP contribution is -2.38. The predicted octanol–water partition coefficient (Wildman–Crippen LogP) is 3.76. The van der Waals surface area contributed by atoms with Gasteiger partial charge < -0.3 is 14.6 Å². The Hall–Kier alpha value is -3.44. The summed E-state index contributed by atoms with van der Waals surface area (Å²) in [6, 6.07) is 12.4. The van der Waals surface area contributed by atoms with Gasteiger partial charge in [0.25, 0.3) is 5.91 Å². The Labute approximate surface area is 225 Å². The summed E-state index contributed by atoms with van der Waals surface area (Å²) in [6.45, 7) is 1.39. The van der Waals surface area contributed by atoms with Crippen molar-refractivity contribution in [3.8, 4) is 5.75 Å². The van der Waals surface area contributed by atoms with Crippen molar-refractivity contribution in [1.82, 2.24) is 9.88 Å². The highest BCUT2D eigenvalue weighted by Gasteiger charge is 2.56. The second kappa shape index (κ2) is 10.0. The molecule has 4 heterocycles. The molecule has 0 radical (unpaired) electrons. The van der Waals surface area contributed by atoms with E-state index >= 15 is 0 Å². The number of hydrogen-bond donors (Lipinski definition) is 1. The van der Waals surface area contributed by atoms with Crippen molar-refractivity contribution in [3.63, 3.8) is 0 Å². The number of nitrogens with zero attached hydrogens (tertiary/aromatic N) is 2. The summed E-state index contributed by atoms with van der Waals surface area (Å²) in [5, 5.41) is -0.180. The van der Waals surface area contributed by atoms with Crippen LogP contribution >= 0.6 is 23.1 Å². The van der Waals surface area contributed by atoms with Crippen LogP contribution < -0.4 is 14.5 Å². The molecule has 1 aromatic heterocycles. The molecule has 3 unspecified atom stereocenters. The van der Waals surface area contributed by atoms with Crippen LogP contribution in [0.1, 0.15) is 35.6 Å². The lowest BCUT2D eigenvalue weighted by atomic mass is 9.83. The number of nitrogens with one attached hydrogen (secondary N) is 1. The maximum Gasteiger partial charge on any atom is 0.305 e. The van der Waals surface area contributed by atoms with Crippen LogP contribution in [0.25, 0.3) is 0 Å². The number of ether oxygens (including phenoxy) is 1. The van der Waals surface area contributed by atoms with E-state index in [2.05, 4.69) is 4.98 Å². The highest BCUT2D eigenvalue weighted by Crippen LogP contribution is 2.53. The first kappa shape index (κ1) is 24.9. The van der Waals surface area contributed by atoms with E-state index in [4.69, 9.17) is 4.74 Å². The summed E-state index contributed by atoms with van der Waals surface area (Å²) in [6.07, 6.45) is 3.11. The maximum absolute atomic E-state index is 13.7. The molecule has 3 aliphatic rings. The first-order valence-electron chi connectivity index (χ1n) is 12.4. The first-order valence-corrected chi connectivity index (χ1v) is 14.1. The van der Waals surface area contributed by atoms with Crippen molar-refractivity contribution in [2.45, 2.75) is 35.5 Å². The normalized spacial score (nSPS) is 22.8. The van der Waals surface area contributed by atoms with E-state index in [0.29, 0.717) is 26.9 Å². The molecule has 3 atom stereocenters. The molecule has 8 nitrogen and oxygen atoms in total. The third-order valence-corrected chi connectivity index (χ3v) is 9.60. The molecule has 6 rings (SSSR count). The summed E-state index contributed by atoms with van der Waals surface area (Å²) in [5.41, 5.74) is 1.02. The zero-order valence-corrected chi connectivity index (χ0v) is 21.9. The van der Waals surface area contributed by atoms with Gasteiger partial charge in [0.15, 0.2) is 6.61 Å². The van der Waals surface area contributed by atoms with Crippen molar-refractivity contribution in [1.29, 1.82) is 0 Å². The van der Waals surface area contributed by atoms with Gasteiger partial charge in [-0.05, 0) is 61.2 Å². The molecule has 2 saturated heterocycles. The Morgan fingerprint density at radius 3 is 2.55 bits per heavy atom. The summed E-state index contributed by atoms with van der Waals surface area (Å²) < 4.78 is 19.4. The summed E-state index contributed by atoms with van der Waals surface area (Å²) >= 11 is 2.20. The molecule has 38 heavy (non-hydrogen) atoms. The number of piperidine rings is 1. The molecule has 2 aromatic carbocycles. The summed E-state index contributed by atoms with van der Waals surface area (Å²) in [4.78, 5) is 58.3. The maximum atomic E-state index is 13.7. The molecule has 11 heteroatoms. The molecular weight excluding hydrogens is 529 g/mol. The van der Waals surface area contributed by atoms with E-state index < -0.39 is 34.7 Å². The monoisotopic (exact) mass is 553 g/mol. The van der Waals surface area contributed by atoms with Crippen LogP contribution in [0.15, 0.2) is 58.4 Å². The average molecular weight is 554 g/mol. The number of hydrogen-bond acceptors (Lipinski definition) is 7. The van der Waals surface area contributed by atoms with Crippen molar-refractivity contribution < 1.29 is 23.5 Å². The van der Waals surface area contributed by atoms with E-state index in [1.54, 1.807) is 18.2 Å². The van der Waals surface area contributed by atoms with Crippen LogP contribution in [0, 0.1) is 11.7 Å². The van der Waals surface area contributed by atoms with Crippen LogP contribution in [0.4, 0.5) is 10.1 Å². The second-order valence-corrected chi connectivity index (χ2v) is 11.7. The minimum atomic E-state index is -0.762. The molecule has 1 N–H and O–H groups in total. The SMILES string of the molecule is O=C(COc1cccc(C2c3sc(=O)[nH]c3SC3C(=O)N(c4ccc(F)cc4)C(=O)C32)c1)N1CCCCC1. The first-order chi connectivity index (χ1) is 18.4. The van der Waals surface area contributed by atoms with E-state index in [0.717, 1.165) is 48.6 Å². The minimum Gasteiger partial charge on any atom is -0.484 e. The predicted molar refractivity (Wildman–Crippen MR) is 141 cm³/mol. The van der Waals surface area contributed by atoms with Gasteiger partial charge >= 0.3 is 4.87 Å². The number of likely N-dealkylation sites (tertiary alicyclic amines) is 1. The van der Waals surface area contributed by atoms with Gasteiger partial charge in [-0.15, -0.1) is 0 Å². The Kier molecular flexibility index (Phi) is 6.56. The number of aromatic amines is 1. The standard InChI is InChI=1S/C27H24FN3O5S2/c28-16-7-9-17(10-8-16)31-25(33)21-20(22-24(29-27(35)38-22)37-23(21)26(31)34)15-5-4-6-18(13-15)36-14-19(32)30-11-2-1-3-12-30/h4-10,13,20-21,23H,1-3,11-12,14H2,(H,29,35). The number of H-pyrrole nitrogens is 1. The highest BCUT2D eigenvalue weighted by molar-refractivity contribution is 8.00. The number of carbonyl (C=O) groups is 3. The molecule has 0 saturated carbocycles. The van der Waals surface area contributed by atoms with E-state index in [1.807, 2.05) is 11.0 Å². The lowest BCUT2D eigenvalue weighted by Gasteiger charge is -2.30. The number of halogens is 1. The largest absolute Gasteiger partial charge is 0.484 e. The van der Waals surface area contributed by atoms with Crippen LogP contribution in [0.3, 0.4) is 0 Å². The molecular formula is C27H24FN3O5S2. The smallest absolute Gasteiger partial charge is 0.305 e. The number of amides is 3. The fraction of sp³-hybridized carbons (Fsp3) is 0.333. The number of imide groups is 1. The Bertz CT molecular complexity index is 1460. The van der Waals surface area contributed by atoms with Gasteiger partial charge in [-0.3, -0.25) is 19.2 Å². The van der Waals surface area contributed by atoms with Gasteiger partial charge in [0.05, 0.1) is 16.6 Å². The Morgan fingerprint density at radius 2 is 1.79 bits per heavy atom. The Balaban J connectivity index is 1.32. The molecule has 2 fully saturated rings. The number of anilines is 1. The molecule has 0 bridgehead atoms. The topological polar surface area (TPSA) is 99.8 Å². The number of benzene rings is 2. The summed E-state index contributed by atoms with van der Waals surface area (Å²) in [7, 11) is 0. The van der Waals surface area contributed by atoms with Crippen molar-refractivity contribution in [2.75, 3.05) is 24.6 Å². The number of thiazole rings is 1. The van der Waals surface area contributed by atoms with Crippen LogP contribution in [0.5, 0.6) is 5.75 Å². The van der Waals surface area contributed by atoms with Gasteiger partial charge in [0.1, 0.15) is 16.8 Å². The minimum absolute atomic E-state index is 0.0677. The molecule has 0 aliphatic carbocycles. The van der Waals surface area contributed by atoms with Crippen molar-refractivity contribution in [2.24, 2.45) is 5.92 Å². The van der Waals surface area contributed by atoms with Crippen LogP contribution in [0.2, 0.25) is 0 Å². The van der Waals surface area contributed by atoms with Gasteiger partial charge in [-0.25, -0.2) is 9.29 Å². The number of carbonyl (C=O) groups excluding carboxylic acids is 3. The van der Waals surface area contributed by atoms with Gasteiger partial charge in [-0.2, -0.15) is 0 Å². The summed E-state index contributed by atoms with van der Waals surface area (Å²) in [5.74, 6) is -2.19. The molecule has 196 valence electrons. The zero-order valence-electron chi connectivity index (χ0n) is 20.2. The zero-order chi connectivity index (χ0) is 26.4. The van der Waals surface area contributed by atoms with Crippen LogP contribution in [-0.4, -0.2) is 52.6 Å². The van der Waals surface area contributed by atoms with Crippen molar-refractivity contribution in [3.05, 3.63) is 74.5 Å². The second-order valence-electron chi connectivity index (χ2n) is 9.54. The fourth-order valence-corrected chi connectivity index (χ4v) is 7.91. The highest BCUT2D eigenvalue weighted by atomic mass is 32.2. The molecule has 3 aliphatic heterocycles. The van der Waals surface area contributed by atoms with E-state index in [1.165, 1.54) is 36.0 Å². The van der Waals surface area contributed by atoms with E-state index in [9.17, 15) is 23.6 Å². The molecule has 0 spiro atoms. The van der Waals surface area contributed by atoms with Gasteiger partial charge in [0, 0.05) is 23.9 Å². The lowest BCUT2D eigenvalue weighted by molar-refractivity contribution is -0.134. The van der Waals surface area contributed by atoms with E-state index in [-0.39, 0.29) is 17.4 Å². The number of rotatable bonds is 5.